The van der Waals surface area contributed by atoms with Gasteiger partial charge in [-0.05, 0) is 77.6 Å². The first-order valence-corrected chi connectivity index (χ1v) is 16.2. The van der Waals surface area contributed by atoms with Gasteiger partial charge in [0.1, 0.15) is 23.3 Å². The molecule has 47 heavy (non-hydrogen) atoms. The second-order valence-electron chi connectivity index (χ2n) is 13.3. The van der Waals surface area contributed by atoms with E-state index in [1.165, 1.54) is 16.2 Å². The molecule has 0 spiro atoms. The predicted octanol–water partition coefficient (Wildman–Crippen LogP) is 6.61. The summed E-state index contributed by atoms with van der Waals surface area (Å²) in [5.74, 6) is -0.364. The summed E-state index contributed by atoms with van der Waals surface area (Å²) in [6.07, 6.45) is 3.53. The predicted molar refractivity (Wildman–Crippen MR) is 180 cm³/mol. The van der Waals surface area contributed by atoms with Crippen LogP contribution in [-0.2, 0) is 19.1 Å². The highest BCUT2D eigenvalue weighted by Crippen LogP contribution is 2.31. The van der Waals surface area contributed by atoms with Crippen LogP contribution >= 0.6 is 11.3 Å². The summed E-state index contributed by atoms with van der Waals surface area (Å²) in [7, 11) is 0. The molecule has 0 unspecified atom stereocenters. The fraction of sp³-hybridized carbons (Fsp3) is 0.382. The van der Waals surface area contributed by atoms with Gasteiger partial charge < -0.3 is 25.0 Å². The van der Waals surface area contributed by atoms with E-state index in [2.05, 4.69) is 20.9 Å². The Kier molecular flexibility index (Phi) is 9.57. The van der Waals surface area contributed by atoms with Crippen LogP contribution in [0.4, 0.5) is 21.1 Å². The molecule has 4 amide bonds. The Morgan fingerprint density at radius 1 is 0.872 bits per heavy atom. The quantitative estimate of drug-likeness (QED) is 0.203. The van der Waals surface area contributed by atoms with Crippen LogP contribution in [0, 0.1) is 0 Å². The van der Waals surface area contributed by atoms with Crippen LogP contribution in [0.3, 0.4) is 0 Å². The highest BCUT2D eigenvalue weighted by molar-refractivity contribution is 7.20. The molecule has 0 radical (unpaired) electrons. The van der Waals surface area contributed by atoms with Crippen molar-refractivity contribution in [1.29, 1.82) is 0 Å². The van der Waals surface area contributed by atoms with E-state index in [-0.39, 0.29) is 11.8 Å². The van der Waals surface area contributed by atoms with Crippen molar-refractivity contribution < 1.29 is 28.7 Å². The van der Waals surface area contributed by atoms with Gasteiger partial charge in [-0.3, -0.25) is 19.3 Å². The molecule has 2 aromatic carbocycles. The maximum Gasteiger partial charge on any atom is 0.412 e. The molecular formula is C34H40N6O6S. The van der Waals surface area contributed by atoms with Gasteiger partial charge >= 0.3 is 12.2 Å². The lowest BCUT2D eigenvalue weighted by Crippen LogP contribution is -2.49. The molecule has 4 aromatic rings. The number of ether oxygens (including phenoxy) is 2. The Hall–Kier alpha value is -4.91. The monoisotopic (exact) mass is 660 g/mol. The molecule has 1 aliphatic heterocycles. The molecule has 3 heterocycles. The normalized spacial score (nSPS) is 15.6. The lowest BCUT2D eigenvalue weighted by atomic mass is 10.0. The summed E-state index contributed by atoms with van der Waals surface area (Å²) in [4.78, 5) is 59.8. The fourth-order valence-corrected chi connectivity index (χ4v) is 6.14. The number of anilines is 2. The van der Waals surface area contributed by atoms with Crippen molar-refractivity contribution in [2.45, 2.75) is 77.7 Å². The Bertz CT molecular complexity index is 1720. The van der Waals surface area contributed by atoms with E-state index in [4.69, 9.17) is 9.47 Å². The molecule has 12 nitrogen and oxygen atoms in total. The number of likely N-dealkylation sites (tertiary alicyclic amines) is 1. The zero-order chi connectivity index (χ0) is 33.9. The summed E-state index contributed by atoms with van der Waals surface area (Å²) in [5, 5.41) is 8.30. The van der Waals surface area contributed by atoms with Crippen molar-refractivity contribution in [3.8, 4) is 10.4 Å². The molecular weight excluding hydrogens is 620 g/mol. The van der Waals surface area contributed by atoms with Gasteiger partial charge in [0.25, 0.3) is 5.91 Å². The Morgan fingerprint density at radius 3 is 2.17 bits per heavy atom. The molecule has 1 saturated heterocycles. The first kappa shape index (κ1) is 33.5. The number of nitrogens with one attached hydrogen (secondary N) is 3. The maximum atomic E-state index is 13.8. The van der Waals surface area contributed by atoms with Gasteiger partial charge in [0.05, 0.1) is 11.1 Å². The standard InChI is InChI=1S/C34H40N6O6S/c1-33(2,3)45-31(43)35-23-16-14-21(15-17-23)25-19-39-20-26(37-30(39)47-25)36-28(41)24-13-10-18-40(24)29(42)27(22-11-8-7-9-12-22)38-32(44)46-34(4,5)6/h7-9,11-12,14-17,19-20,24,27H,10,13,18H2,1-6H3,(H,35,43)(H,36,41)(H,38,44)/t24-,27+/m0/s1. The number of imidazole rings is 1. The molecule has 1 aliphatic rings. The topological polar surface area (TPSA) is 143 Å². The zero-order valence-corrected chi connectivity index (χ0v) is 28.1. The molecule has 0 bridgehead atoms. The van der Waals surface area contributed by atoms with E-state index >= 15 is 0 Å². The average Bonchev–Trinajstić information content (AvgIpc) is 3.70. The van der Waals surface area contributed by atoms with Crippen LogP contribution in [0.2, 0.25) is 0 Å². The third-order valence-electron chi connectivity index (χ3n) is 7.10. The molecule has 2 atom stereocenters. The van der Waals surface area contributed by atoms with Crippen LogP contribution in [-0.4, -0.2) is 62.1 Å². The third-order valence-corrected chi connectivity index (χ3v) is 8.15. The number of alkyl carbamates (subject to hydrolysis) is 1. The van der Waals surface area contributed by atoms with E-state index in [0.717, 1.165) is 10.4 Å². The van der Waals surface area contributed by atoms with E-state index in [1.54, 1.807) is 84.1 Å². The lowest BCUT2D eigenvalue weighted by molar-refractivity contribution is -0.138. The minimum Gasteiger partial charge on any atom is -0.444 e. The zero-order valence-electron chi connectivity index (χ0n) is 27.3. The van der Waals surface area contributed by atoms with E-state index < -0.39 is 35.5 Å². The average molecular weight is 661 g/mol. The molecule has 248 valence electrons. The highest BCUT2D eigenvalue weighted by atomic mass is 32.1. The van der Waals surface area contributed by atoms with Crippen molar-refractivity contribution in [3.05, 3.63) is 72.6 Å². The van der Waals surface area contributed by atoms with Gasteiger partial charge in [-0.25, -0.2) is 14.6 Å². The summed E-state index contributed by atoms with van der Waals surface area (Å²) >= 11 is 1.45. The van der Waals surface area contributed by atoms with Crippen LogP contribution in [0.5, 0.6) is 0 Å². The number of thiazole rings is 1. The van der Waals surface area contributed by atoms with Gasteiger partial charge in [0.2, 0.25) is 5.91 Å². The molecule has 13 heteroatoms. The molecule has 2 aromatic heterocycles. The first-order valence-electron chi connectivity index (χ1n) is 15.4. The van der Waals surface area contributed by atoms with E-state index in [0.29, 0.717) is 41.4 Å². The number of benzene rings is 2. The van der Waals surface area contributed by atoms with Crippen LogP contribution < -0.4 is 16.0 Å². The number of carbonyl (C=O) groups is 4. The summed E-state index contributed by atoms with van der Waals surface area (Å²) < 4.78 is 12.5. The Morgan fingerprint density at radius 2 is 1.53 bits per heavy atom. The largest absolute Gasteiger partial charge is 0.444 e. The number of carbonyl (C=O) groups excluding carboxylic acids is 4. The number of amides is 4. The van der Waals surface area contributed by atoms with Gasteiger partial charge in [-0.15, -0.1) is 0 Å². The van der Waals surface area contributed by atoms with Crippen molar-refractivity contribution in [2.24, 2.45) is 0 Å². The molecule has 0 aliphatic carbocycles. The number of hydrogen-bond acceptors (Lipinski definition) is 8. The molecule has 3 N–H and O–H groups in total. The number of aromatic nitrogens is 2. The maximum absolute atomic E-state index is 13.8. The van der Waals surface area contributed by atoms with E-state index in [1.807, 2.05) is 28.8 Å². The fourth-order valence-electron chi connectivity index (χ4n) is 5.17. The van der Waals surface area contributed by atoms with E-state index in [9.17, 15) is 19.2 Å². The summed E-state index contributed by atoms with van der Waals surface area (Å²) in [5.41, 5.74) is 0.815. The molecule has 0 saturated carbocycles. The van der Waals surface area contributed by atoms with Crippen molar-refractivity contribution in [3.63, 3.8) is 0 Å². The number of hydrogen-bond donors (Lipinski definition) is 3. The van der Waals surface area contributed by atoms with Crippen LogP contribution in [0.15, 0.2) is 67.0 Å². The Labute approximate surface area is 277 Å². The van der Waals surface area contributed by atoms with Crippen molar-refractivity contribution in [2.75, 3.05) is 17.2 Å². The van der Waals surface area contributed by atoms with Gasteiger partial charge in [0.15, 0.2) is 10.8 Å². The minimum atomic E-state index is -1.02. The van der Waals surface area contributed by atoms with Crippen molar-refractivity contribution in [1.82, 2.24) is 19.6 Å². The SMILES string of the molecule is CC(C)(C)OC(=O)Nc1ccc(-c2cn3cc(NC(=O)[C@@H]4CCCN4C(=O)[C@H](NC(=O)OC(C)(C)C)c4ccccc4)nc3s2)cc1. The summed E-state index contributed by atoms with van der Waals surface area (Å²) in [6.45, 7) is 11.0. The van der Waals surface area contributed by atoms with Crippen molar-refractivity contribution >= 4 is 51.8 Å². The summed E-state index contributed by atoms with van der Waals surface area (Å²) in [6, 6.07) is 14.6. The van der Waals surface area contributed by atoms with Gasteiger partial charge in [-0.1, -0.05) is 53.8 Å². The van der Waals surface area contributed by atoms with Gasteiger partial charge in [-0.2, -0.15) is 0 Å². The highest BCUT2D eigenvalue weighted by Gasteiger charge is 2.39. The molecule has 1 fully saturated rings. The van der Waals surface area contributed by atoms with Crippen LogP contribution in [0.25, 0.3) is 15.4 Å². The Balaban J connectivity index is 1.25. The minimum absolute atomic E-state index is 0.348. The number of fused-ring (bicyclic) bond motifs is 1. The third kappa shape index (κ3) is 8.67. The lowest BCUT2D eigenvalue weighted by Gasteiger charge is -2.29. The smallest absolute Gasteiger partial charge is 0.412 e. The number of nitrogens with zero attached hydrogens (tertiary/aromatic N) is 3. The van der Waals surface area contributed by atoms with Gasteiger partial charge in [0, 0.05) is 18.4 Å². The second kappa shape index (κ2) is 13.4. The second-order valence-corrected chi connectivity index (χ2v) is 14.3. The van der Waals surface area contributed by atoms with Crippen LogP contribution in [0.1, 0.15) is 66.0 Å². The number of rotatable bonds is 7. The molecule has 5 rings (SSSR count). The first-order chi connectivity index (χ1) is 22.1.